The van der Waals surface area contributed by atoms with E-state index in [0.29, 0.717) is 12.4 Å². The minimum atomic E-state index is 0.550. The average molecular weight is 411 g/mol. The van der Waals surface area contributed by atoms with Gasteiger partial charge in [0.2, 0.25) is 0 Å². The van der Waals surface area contributed by atoms with Crippen molar-refractivity contribution in [2.24, 2.45) is 0 Å². The van der Waals surface area contributed by atoms with Crippen molar-refractivity contribution in [2.45, 2.75) is 13.5 Å². The van der Waals surface area contributed by atoms with Crippen LogP contribution in [0.15, 0.2) is 47.2 Å². The van der Waals surface area contributed by atoms with Gasteiger partial charge in [0.15, 0.2) is 5.65 Å². The predicted octanol–water partition coefficient (Wildman–Crippen LogP) is 3.74. The summed E-state index contributed by atoms with van der Waals surface area (Å²) >= 11 is 3.57. The van der Waals surface area contributed by atoms with Crippen molar-refractivity contribution in [3.63, 3.8) is 0 Å². The Labute approximate surface area is 159 Å². The highest BCUT2D eigenvalue weighted by atomic mass is 79.9. The maximum Gasteiger partial charge on any atom is 0.165 e. The predicted molar refractivity (Wildman–Crippen MR) is 108 cm³/mol. The number of nitrogens with zero attached hydrogens (tertiary/aromatic N) is 5. The summed E-state index contributed by atoms with van der Waals surface area (Å²) in [5.41, 5.74) is 10.8. The number of hydrogen-bond donors (Lipinski definition) is 1. The Bertz CT molecular complexity index is 1100. The van der Waals surface area contributed by atoms with Crippen LogP contribution in [-0.2, 0) is 6.54 Å². The molecule has 4 aromatic rings. The lowest BCUT2D eigenvalue weighted by Crippen LogP contribution is -2.19. The molecule has 26 heavy (non-hydrogen) atoms. The molecule has 3 heterocycles. The summed E-state index contributed by atoms with van der Waals surface area (Å²) in [4.78, 5) is 11.6. The Morgan fingerprint density at radius 1 is 1.23 bits per heavy atom. The first-order chi connectivity index (χ1) is 12.6. The van der Waals surface area contributed by atoms with Crippen LogP contribution >= 0.6 is 15.9 Å². The number of nitrogens with two attached hydrogens (primary N) is 1. The Balaban J connectivity index is 1.89. The zero-order valence-corrected chi connectivity index (χ0v) is 16.2. The van der Waals surface area contributed by atoms with Crippen LogP contribution in [0.25, 0.3) is 27.7 Å². The first-order valence-electron chi connectivity index (χ1n) is 8.43. The SMILES string of the molecule is CCN(C)Cc1nc2c(-c3cnc4ccccc4c3)cnn2c(N)c1Br. The molecule has 0 aliphatic rings. The number of nitrogen functional groups attached to an aromatic ring is 1. The standard InChI is InChI=1S/C19H19BrN6/c1-3-25(2)11-16-17(20)18(21)26-19(24-16)14(10-23-26)13-8-12-6-4-5-7-15(12)22-9-13/h4-10H,3,11,21H2,1-2H3. The lowest BCUT2D eigenvalue weighted by Gasteiger charge is -2.15. The molecule has 0 aliphatic carbocycles. The number of anilines is 1. The molecule has 0 amide bonds. The normalized spacial score (nSPS) is 11.7. The van der Waals surface area contributed by atoms with Gasteiger partial charge >= 0.3 is 0 Å². The fraction of sp³-hybridized carbons (Fsp3) is 0.211. The number of rotatable bonds is 4. The fourth-order valence-corrected chi connectivity index (χ4v) is 3.32. The van der Waals surface area contributed by atoms with Crippen molar-refractivity contribution in [3.8, 4) is 11.1 Å². The van der Waals surface area contributed by atoms with Crippen molar-refractivity contribution < 1.29 is 0 Å². The molecule has 0 unspecified atom stereocenters. The van der Waals surface area contributed by atoms with E-state index < -0.39 is 0 Å². The number of benzene rings is 1. The van der Waals surface area contributed by atoms with Gasteiger partial charge in [0, 0.05) is 29.3 Å². The van der Waals surface area contributed by atoms with E-state index in [1.165, 1.54) is 0 Å². The van der Waals surface area contributed by atoms with Crippen LogP contribution < -0.4 is 5.73 Å². The van der Waals surface area contributed by atoms with Crippen molar-refractivity contribution in [3.05, 3.63) is 52.9 Å². The summed E-state index contributed by atoms with van der Waals surface area (Å²) in [7, 11) is 2.05. The minimum absolute atomic E-state index is 0.550. The number of aromatic nitrogens is 4. The second-order valence-electron chi connectivity index (χ2n) is 6.30. The quantitative estimate of drug-likeness (QED) is 0.554. The molecule has 0 atom stereocenters. The Hall–Kier alpha value is -2.51. The van der Waals surface area contributed by atoms with E-state index in [1.807, 2.05) is 24.4 Å². The summed E-state index contributed by atoms with van der Waals surface area (Å²) in [5, 5.41) is 5.52. The lowest BCUT2D eigenvalue weighted by molar-refractivity contribution is 0.341. The third-order valence-electron chi connectivity index (χ3n) is 4.55. The molecular weight excluding hydrogens is 392 g/mol. The van der Waals surface area contributed by atoms with Gasteiger partial charge < -0.3 is 10.6 Å². The summed E-state index contributed by atoms with van der Waals surface area (Å²) in [6.45, 7) is 3.75. The van der Waals surface area contributed by atoms with Crippen molar-refractivity contribution in [1.82, 2.24) is 24.5 Å². The van der Waals surface area contributed by atoms with Gasteiger partial charge in [0.25, 0.3) is 0 Å². The van der Waals surface area contributed by atoms with Crippen LogP contribution in [0.3, 0.4) is 0 Å². The third-order valence-corrected chi connectivity index (χ3v) is 5.42. The van der Waals surface area contributed by atoms with Crippen LogP contribution in [-0.4, -0.2) is 38.1 Å². The second kappa shape index (κ2) is 6.66. The Morgan fingerprint density at radius 3 is 2.85 bits per heavy atom. The van der Waals surface area contributed by atoms with E-state index >= 15 is 0 Å². The molecule has 1 aromatic carbocycles. The van der Waals surface area contributed by atoms with Crippen LogP contribution in [0.4, 0.5) is 5.82 Å². The molecule has 0 spiro atoms. The number of para-hydroxylation sites is 1. The molecule has 0 aliphatic heterocycles. The van der Waals surface area contributed by atoms with Gasteiger partial charge in [0.05, 0.1) is 21.9 Å². The molecule has 0 radical (unpaired) electrons. The van der Waals surface area contributed by atoms with Gasteiger partial charge in [0.1, 0.15) is 5.82 Å². The van der Waals surface area contributed by atoms with E-state index in [0.717, 1.165) is 44.4 Å². The molecule has 6 nitrogen and oxygen atoms in total. The lowest BCUT2D eigenvalue weighted by atomic mass is 10.1. The smallest absolute Gasteiger partial charge is 0.165 e. The van der Waals surface area contributed by atoms with E-state index in [1.54, 1.807) is 10.7 Å². The summed E-state index contributed by atoms with van der Waals surface area (Å²) in [5.74, 6) is 0.550. The molecule has 0 saturated heterocycles. The van der Waals surface area contributed by atoms with Gasteiger partial charge in [-0.1, -0.05) is 25.1 Å². The second-order valence-corrected chi connectivity index (χ2v) is 7.09. The number of halogens is 1. The van der Waals surface area contributed by atoms with E-state index in [2.05, 4.69) is 57.0 Å². The molecular formula is C19H19BrN6. The fourth-order valence-electron chi connectivity index (χ4n) is 2.94. The van der Waals surface area contributed by atoms with Gasteiger partial charge in [-0.05, 0) is 41.7 Å². The Morgan fingerprint density at radius 2 is 2.04 bits per heavy atom. The van der Waals surface area contributed by atoms with Gasteiger partial charge in [-0.25, -0.2) is 4.98 Å². The summed E-state index contributed by atoms with van der Waals surface area (Å²) < 4.78 is 2.46. The highest BCUT2D eigenvalue weighted by molar-refractivity contribution is 9.10. The maximum absolute atomic E-state index is 6.30. The zero-order chi connectivity index (χ0) is 18.3. The average Bonchev–Trinajstić information content (AvgIpc) is 3.09. The molecule has 4 rings (SSSR count). The Kier molecular flexibility index (Phi) is 4.34. The monoisotopic (exact) mass is 410 g/mol. The van der Waals surface area contributed by atoms with Crippen LogP contribution in [0.2, 0.25) is 0 Å². The van der Waals surface area contributed by atoms with Crippen molar-refractivity contribution in [2.75, 3.05) is 19.3 Å². The molecule has 7 heteroatoms. The van der Waals surface area contributed by atoms with Gasteiger partial charge in [-0.3, -0.25) is 4.98 Å². The van der Waals surface area contributed by atoms with Crippen LogP contribution in [0.1, 0.15) is 12.6 Å². The topological polar surface area (TPSA) is 72.3 Å². The molecule has 0 saturated carbocycles. The van der Waals surface area contributed by atoms with Gasteiger partial charge in [-0.15, -0.1) is 0 Å². The number of fused-ring (bicyclic) bond motifs is 2. The summed E-state index contributed by atoms with van der Waals surface area (Å²) in [6.07, 6.45) is 3.65. The van der Waals surface area contributed by atoms with Gasteiger partial charge in [-0.2, -0.15) is 9.61 Å². The minimum Gasteiger partial charge on any atom is -0.383 e. The first kappa shape index (κ1) is 16.9. The molecule has 0 fully saturated rings. The van der Waals surface area contributed by atoms with Crippen LogP contribution in [0, 0.1) is 0 Å². The van der Waals surface area contributed by atoms with Crippen molar-refractivity contribution in [1.29, 1.82) is 0 Å². The zero-order valence-electron chi connectivity index (χ0n) is 14.6. The largest absolute Gasteiger partial charge is 0.383 e. The van der Waals surface area contributed by atoms with Crippen LogP contribution in [0.5, 0.6) is 0 Å². The first-order valence-corrected chi connectivity index (χ1v) is 9.23. The molecule has 2 N–H and O–H groups in total. The van der Waals surface area contributed by atoms with Crippen molar-refractivity contribution >= 4 is 38.3 Å². The summed E-state index contributed by atoms with van der Waals surface area (Å²) in [6, 6.07) is 10.2. The van der Waals surface area contributed by atoms with E-state index in [-0.39, 0.29) is 0 Å². The molecule has 0 bridgehead atoms. The number of hydrogen-bond acceptors (Lipinski definition) is 5. The number of pyridine rings is 1. The molecule has 132 valence electrons. The van der Waals surface area contributed by atoms with E-state index in [4.69, 9.17) is 10.7 Å². The van der Waals surface area contributed by atoms with E-state index in [9.17, 15) is 0 Å². The maximum atomic E-state index is 6.30. The molecule has 3 aromatic heterocycles. The highest BCUT2D eigenvalue weighted by Crippen LogP contribution is 2.31. The third kappa shape index (κ3) is 2.83. The highest BCUT2D eigenvalue weighted by Gasteiger charge is 2.17.